The second-order valence-electron chi connectivity index (χ2n) is 8.09. The number of amides is 2. The molecular formula is C26H36N2O5. The van der Waals surface area contributed by atoms with Crippen LogP contribution in [0.3, 0.4) is 0 Å². The van der Waals surface area contributed by atoms with Crippen LogP contribution in [0, 0.1) is 0 Å². The smallest absolute Gasteiger partial charge is 0.243 e. The second-order valence-corrected chi connectivity index (χ2v) is 8.09. The quantitative estimate of drug-likeness (QED) is 0.457. The van der Waals surface area contributed by atoms with Crippen molar-refractivity contribution in [3.8, 4) is 17.2 Å². The van der Waals surface area contributed by atoms with Gasteiger partial charge in [-0.25, -0.2) is 0 Å². The average Bonchev–Trinajstić information content (AvgIpc) is 2.81. The van der Waals surface area contributed by atoms with Crippen molar-refractivity contribution in [1.82, 2.24) is 10.2 Å². The summed E-state index contributed by atoms with van der Waals surface area (Å²) in [5.41, 5.74) is 0.910. The highest BCUT2D eigenvalue weighted by Gasteiger charge is 2.28. The minimum absolute atomic E-state index is 0.00165. The zero-order valence-electron chi connectivity index (χ0n) is 20.3. The van der Waals surface area contributed by atoms with E-state index >= 15 is 0 Å². The van der Waals surface area contributed by atoms with Crippen molar-refractivity contribution in [2.24, 2.45) is 0 Å². The first-order valence-corrected chi connectivity index (χ1v) is 11.4. The normalized spacial score (nSPS) is 11.6. The predicted molar refractivity (Wildman–Crippen MR) is 129 cm³/mol. The Morgan fingerprint density at radius 2 is 1.64 bits per heavy atom. The maximum atomic E-state index is 13.2. The first-order valence-electron chi connectivity index (χ1n) is 11.4. The molecule has 180 valence electrons. The van der Waals surface area contributed by atoms with Crippen LogP contribution in [0.25, 0.3) is 0 Å². The standard InChI is InChI=1S/C26H36N2O5/c1-6-24(26(30)27-19(2)3)28(18-20-9-7-10-23(17-20)32-5)25(29)11-8-16-33-22-14-12-21(31-4)13-15-22/h7,9-10,12-15,17,19,24H,6,8,11,16,18H2,1-5H3,(H,27,30)/t24-/m0/s1. The van der Waals surface area contributed by atoms with Gasteiger partial charge in [-0.05, 0) is 68.7 Å². The van der Waals surface area contributed by atoms with E-state index in [2.05, 4.69) is 5.32 Å². The number of rotatable bonds is 13. The van der Waals surface area contributed by atoms with Crippen molar-refractivity contribution in [1.29, 1.82) is 0 Å². The molecule has 0 radical (unpaired) electrons. The second kappa shape index (κ2) is 13.4. The van der Waals surface area contributed by atoms with E-state index in [0.717, 1.165) is 17.1 Å². The molecular weight excluding hydrogens is 420 g/mol. The van der Waals surface area contributed by atoms with Crippen LogP contribution in [0.4, 0.5) is 0 Å². The highest BCUT2D eigenvalue weighted by Crippen LogP contribution is 2.20. The van der Waals surface area contributed by atoms with Gasteiger partial charge in [0.1, 0.15) is 23.3 Å². The molecule has 0 fully saturated rings. The van der Waals surface area contributed by atoms with E-state index in [1.807, 2.05) is 69.3 Å². The fraction of sp³-hybridized carbons (Fsp3) is 0.462. The number of ether oxygens (including phenoxy) is 3. The van der Waals surface area contributed by atoms with Gasteiger partial charge in [0.25, 0.3) is 0 Å². The van der Waals surface area contributed by atoms with Crippen LogP contribution < -0.4 is 19.5 Å². The molecule has 0 heterocycles. The molecule has 0 saturated carbocycles. The van der Waals surface area contributed by atoms with Gasteiger partial charge in [0.15, 0.2) is 0 Å². The summed E-state index contributed by atoms with van der Waals surface area (Å²) in [4.78, 5) is 27.7. The Bertz CT molecular complexity index is 883. The van der Waals surface area contributed by atoms with Crippen molar-refractivity contribution in [2.75, 3.05) is 20.8 Å². The fourth-order valence-corrected chi connectivity index (χ4v) is 3.50. The van der Waals surface area contributed by atoms with E-state index in [4.69, 9.17) is 14.2 Å². The molecule has 1 N–H and O–H groups in total. The zero-order valence-corrected chi connectivity index (χ0v) is 20.3. The fourth-order valence-electron chi connectivity index (χ4n) is 3.50. The van der Waals surface area contributed by atoms with E-state index in [1.165, 1.54) is 0 Å². The molecule has 2 aromatic rings. The molecule has 0 saturated heterocycles. The number of carbonyl (C=O) groups is 2. The first-order chi connectivity index (χ1) is 15.9. The minimum atomic E-state index is -0.548. The molecule has 0 aliphatic rings. The van der Waals surface area contributed by atoms with Gasteiger partial charge in [0, 0.05) is 19.0 Å². The Morgan fingerprint density at radius 3 is 2.24 bits per heavy atom. The molecule has 0 unspecified atom stereocenters. The summed E-state index contributed by atoms with van der Waals surface area (Å²) in [5, 5.41) is 2.94. The summed E-state index contributed by atoms with van der Waals surface area (Å²) < 4.78 is 16.2. The number of hydrogen-bond acceptors (Lipinski definition) is 5. The summed E-state index contributed by atoms with van der Waals surface area (Å²) in [7, 11) is 3.22. The number of benzene rings is 2. The van der Waals surface area contributed by atoms with Crippen molar-refractivity contribution >= 4 is 11.8 Å². The minimum Gasteiger partial charge on any atom is -0.497 e. The van der Waals surface area contributed by atoms with Crippen LogP contribution in [-0.2, 0) is 16.1 Å². The third kappa shape index (κ3) is 8.33. The molecule has 2 aromatic carbocycles. The Kier molecular flexibility index (Phi) is 10.5. The van der Waals surface area contributed by atoms with Crippen LogP contribution in [0.2, 0.25) is 0 Å². The van der Waals surface area contributed by atoms with Crippen molar-refractivity contribution in [3.63, 3.8) is 0 Å². The lowest BCUT2D eigenvalue weighted by atomic mass is 10.1. The summed E-state index contributed by atoms with van der Waals surface area (Å²) in [5.74, 6) is 1.97. The maximum absolute atomic E-state index is 13.2. The number of nitrogens with zero attached hydrogens (tertiary/aromatic N) is 1. The van der Waals surface area contributed by atoms with Gasteiger partial charge in [-0.3, -0.25) is 9.59 Å². The largest absolute Gasteiger partial charge is 0.497 e. The highest BCUT2D eigenvalue weighted by atomic mass is 16.5. The molecule has 1 atom stereocenters. The van der Waals surface area contributed by atoms with Crippen LogP contribution in [-0.4, -0.2) is 49.6 Å². The van der Waals surface area contributed by atoms with Gasteiger partial charge in [0.2, 0.25) is 11.8 Å². The Balaban J connectivity index is 2.06. The molecule has 2 amide bonds. The number of methoxy groups -OCH3 is 2. The molecule has 7 nitrogen and oxygen atoms in total. The lowest BCUT2D eigenvalue weighted by Gasteiger charge is -2.31. The Morgan fingerprint density at radius 1 is 0.970 bits per heavy atom. The van der Waals surface area contributed by atoms with Crippen molar-refractivity contribution in [2.45, 2.75) is 58.7 Å². The van der Waals surface area contributed by atoms with Crippen LogP contribution in [0.5, 0.6) is 17.2 Å². The maximum Gasteiger partial charge on any atom is 0.243 e. The molecule has 0 aromatic heterocycles. The van der Waals surface area contributed by atoms with Gasteiger partial charge in [-0.1, -0.05) is 19.1 Å². The third-order valence-corrected chi connectivity index (χ3v) is 5.17. The highest BCUT2D eigenvalue weighted by molar-refractivity contribution is 5.87. The van der Waals surface area contributed by atoms with E-state index < -0.39 is 6.04 Å². The van der Waals surface area contributed by atoms with Crippen LogP contribution in [0.15, 0.2) is 48.5 Å². The number of carbonyl (C=O) groups excluding carboxylic acids is 2. The lowest BCUT2D eigenvalue weighted by molar-refractivity contribution is -0.141. The molecule has 7 heteroatoms. The predicted octanol–water partition coefficient (Wildman–Crippen LogP) is 4.19. The summed E-state index contributed by atoms with van der Waals surface area (Å²) >= 11 is 0. The van der Waals surface area contributed by atoms with Gasteiger partial charge in [-0.15, -0.1) is 0 Å². The van der Waals surface area contributed by atoms with E-state index in [1.54, 1.807) is 19.1 Å². The average molecular weight is 457 g/mol. The van der Waals surface area contributed by atoms with Crippen LogP contribution >= 0.6 is 0 Å². The molecule has 0 bridgehead atoms. The number of hydrogen-bond donors (Lipinski definition) is 1. The molecule has 33 heavy (non-hydrogen) atoms. The molecule has 2 rings (SSSR count). The van der Waals surface area contributed by atoms with Gasteiger partial charge < -0.3 is 24.4 Å². The van der Waals surface area contributed by atoms with Crippen LogP contribution in [0.1, 0.15) is 45.6 Å². The molecule has 0 aliphatic heterocycles. The number of nitrogens with one attached hydrogen (secondary N) is 1. The van der Waals surface area contributed by atoms with Crippen molar-refractivity contribution < 1.29 is 23.8 Å². The van der Waals surface area contributed by atoms with Gasteiger partial charge in [0.05, 0.1) is 20.8 Å². The summed E-state index contributed by atoms with van der Waals surface area (Å²) in [6.07, 6.45) is 1.35. The summed E-state index contributed by atoms with van der Waals surface area (Å²) in [6.45, 7) is 6.48. The third-order valence-electron chi connectivity index (χ3n) is 5.17. The topological polar surface area (TPSA) is 77.1 Å². The Labute approximate surface area is 197 Å². The first kappa shape index (κ1) is 26.0. The monoisotopic (exact) mass is 456 g/mol. The van der Waals surface area contributed by atoms with Crippen molar-refractivity contribution in [3.05, 3.63) is 54.1 Å². The Hall–Kier alpha value is -3.22. The van der Waals surface area contributed by atoms with E-state index in [9.17, 15) is 9.59 Å². The van der Waals surface area contributed by atoms with Gasteiger partial charge >= 0.3 is 0 Å². The van der Waals surface area contributed by atoms with E-state index in [0.29, 0.717) is 31.7 Å². The summed E-state index contributed by atoms with van der Waals surface area (Å²) in [6, 6.07) is 14.3. The SMILES string of the molecule is CC[C@@H](C(=O)NC(C)C)N(Cc1cccc(OC)c1)C(=O)CCCOc1ccc(OC)cc1. The molecule has 0 aliphatic carbocycles. The molecule has 0 spiro atoms. The zero-order chi connectivity index (χ0) is 24.2. The van der Waals surface area contributed by atoms with Gasteiger partial charge in [-0.2, -0.15) is 0 Å². The van der Waals surface area contributed by atoms with E-state index in [-0.39, 0.29) is 24.3 Å². The lowest BCUT2D eigenvalue weighted by Crippen LogP contribution is -2.50.